The fourth-order valence-corrected chi connectivity index (χ4v) is 3.62. The van der Waals surface area contributed by atoms with Gasteiger partial charge in [-0.15, -0.1) is 0 Å². The van der Waals surface area contributed by atoms with Gasteiger partial charge in [0.2, 0.25) is 10.0 Å². The molecule has 150 valence electrons. The summed E-state index contributed by atoms with van der Waals surface area (Å²) in [6.07, 6.45) is 0. The van der Waals surface area contributed by atoms with E-state index in [2.05, 4.69) is 10.0 Å². The van der Waals surface area contributed by atoms with Crippen molar-refractivity contribution in [2.24, 2.45) is 0 Å². The molecular formula is C18H18Cl2N2O5S. The molecule has 7 nitrogen and oxygen atoms in total. The van der Waals surface area contributed by atoms with Gasteiger partial charge < -0.3 is 10.1 Å². The number of carbonyl (C=O) groups is 2. The number of benzene rings is 2. The SMILES string of the molecule is CNS(=O)(=O)c1ccc(C(=O)OCC(=O)NC(C)c2ccc(Cl)cc2Cl)cc1. The van der Waals surface area contributed by atoms with E-state index in [0.717, 1.165) is 0 Å². The van der Waals surface area contributed by atoms with E-state index in [9.17, 15) is 18.0 Å². The van der Waals surface area contributed by atoms with Gasteiger partial charge in [-0.2, -0.15) is 0 Å². The number of sulfonamides is 1. The molecule has 0 saturated heterocycles. The molecule has 10 heteroatoms. The molecule has 0 fully saturated rings. The normalized spacial score (nSPS) is 12.3. The molecule has 0 aliphatic carbocycles. The van der Waals surface area contributed by atoms with Gasteiger partial charge in [0.1, 0.15) is 0 Å². The fourth-order valence-electron chi connectivity index (χ4n) is 2.32. The molecule has 2 aromatic carbocycles. The van der Waals surface area contributed by atoms with Crippen molar-refractivity contribution in [1.82, 2.24) is 10.0 Å². The van der Waals surface area contributed by atoms with Crippen LogP contribution in [0.4, 0.5) is 0 Å². The smallest absolute Gasteiger partial charge is 0.338 e. The summed E-state index contributed by atoms with van der Waals surface area (Å²) in [6.45, 7) is 1.24. The minimum absolute atomic E-state index is 0.0120. The molecule has 1 unspecified atom stereocenters. The van der Waals surface area contributed by atoms with Crippen LogP contribution in [0.15, 0.2) is 47.4 Å². The molecule has 2 rings (SSSR count). The molecule has 0 radical (unpaired) electrons. The Kier molecular flexibility index (Phi) is 7.42. The highest BCUT2D eigenvalue weighted by Gasteiger charge is 2.16. The van der Waals surface area contributed by atoms with E-state index in [0.29, 0.717) is 15.6 Å². The van der Waals surface area contributed by atoms with Crippen LogP contribution in [0.25, 0.3) is 0 Å². The third-order valence-corrected chi connectivity index (χ3v) is 5.80. The molecule has 0 aromatic heterocycles. The number of esters is 1. The summed E-state index contributed by atoms with van der Waals surface area (Å²) in [5.74, 6) is -1.26. The summed E-state index contributed by atoms with van der Waals surface area (Å²) in [6, 6.07) is 9.66. The van der Waals surface area contributed by atoms with Gasteiger partial charge in [0.25, 0.3) is 5.91 Å². The second-order valence-corrected chi connectivity index (χ2v) is 8.49. The second kappa shape index (κ2) is 9.38. The summed E-state index contributed by atoms with van der Waals surface area (Å²) in [5.41, 5.74) is 0.795. The van der Waals surface area contributed by atoms with Crippen LogP contribution in [-0.4, -0.2) is 33.9 Å². The topological polar surface area (TPSA) is 102 Å². The van der Waals surface area contributed by atoms with Crippen molar-refractivity contribution in [2.45, 2.75) is 17.9 Å². The van der Waals surface area contributed by atoms with E-state index in [-0.39, 0.29) is 10.5 Å². The van der Waals surface area contributed by atoms with E-state index >= 15 is 0 Å². The zero-order valence-corrected chi connectivity index (χ0v) is 17.4. The van der Waals surface area contributed by atoms with Crippen LogP contribution in [0.5, 0.6) is 0 Å². The Morgan fingerprint density at radius 1 is 1.11 bits per heavy atom. The highest BCUT2D eigenvalue weighted by Crippen LogP contribution is 2.26. The predicted octanol–water partition coefficient (Wildman–Crippen LogP) is 2.94. The minimum atomic E-state index is -3.60. The van der Waals surface area contributed by atoms with Crippen molar-refractivity contribution in [3.05, 3.63) is 63.6 Å². The first-order chi connectivity index (χ1) is 13.1. The first kappa shape index (κ1) is 22.2. The van der Waals surface area contributed by atoms with Gasteiger partial charge in [0.15, 0.2) is 6.61 Å². The molecule has 2 aromatic rings. The minimum Gasteiger partial charge on any atom is -0.452 e. The highest BCUT2D eigenvalue weighted by atomic mass is 35.5. The average Bonchev–Trinajstić information content (AvgIpc) is 2.66. The van der Waals surface area contributed by atoms with Crippen molar-refractivity contribution in [3.63, 3.8) is 0 Å². The van der Waals surface area contributed by atoms with Crippen LogP contribution in [-0.2, 0) is 19.6 Å². The summed E-state index contributed by atoms with van der Waals surface area (Å²) in [4.78, 5) is 24.1. The monoisotopic (exact) mass is 444 g/mol. The number of nitrogens with one attached hydrogen (secondary N) is 2. The van der Waals surface area contributed by atoms with Crippen molar-refractivity contribution in [2.75, 3.05) is 13.7 Å². The molecule has 2 N–H and O–H groups in total. The Morgan fingerprint density at radius 3 is 2.32 bits per heavy atom. The average molecular weight is 445 g/mol. The Hall–Kier alpha value is -2.13. The number of ether oxygens (including phenoxy) is 1. The largest absolute Gasteiger partial charge is 0.452 e. The van der Waals surface area contributed by atoms with E-state index in [1.165, 1.54) is 31.3 Å². The molecule has 1 atom stereocenters. The van der Waals surface area contributed by atoms with Crippen LogP contribution in [0, 0.1) is 0 Å². The second-order valence-electron chi connectivity index (χ2n) is 5.76. The van der Waals surface area contributed by atoms with Gasteiger partial charge >= 0.3 is 5.97 Å². The first-order valence-electron chi connectivity index (χ1n) is 8.09. The van der Waals surface area contributed by atoms with E-state index in [1.807, 2.05) is 0 Å². The lowest BCUT2D eigenvalue weighted by molar-refractivity contribution is -0.124. The third-order valence-electron chi connectivity index (χ3n) is 3.81. The summed E-state index contributed by atoms with van der Waals surface area (Å²) < 4.78 is 30.5. The Morgan fingerprint density at radius 2 is 1.75 bits per heavy atom. The van der Waals surface area contributed by atoms with E-state index < -0.39 is 34.5 Å². The molecule has 1 amide bonds. The zero-order valence-electron chi connectivity index (χ0n) is 15.0. The number of amides is 1. The van der Waals surface area contributed by atoms with Gasteiger partial charge in [0.05, 0.1) is 16.5 Å². The predicted molar refractivity (Wildman–Crippen MR) is 106 cm³/mol. The standard InChI is InChI=1S/C18H18Cl2N2O5S/c1-11(15-8-5-13(19)9-16(15)20)22-17(23)10-27-18(24)12-3-6-14(7-4-12)28(25,26)21-2/h3-9,11,21H,10H2,1-2H3,(H,22,23). The zero-order chi connectivity index (χ0) is 20.9. The number of rotatable bonds is 7. The highest BCUT2D eigenvalue weighted by molar-refractivity contribution is 7.89. The lowest BCUT2D eigenvalue weighted by Crippen LogP contribution is -2.31. The van der Waals surface area contributed by atoms with Crippen molar-refractivity contribution in [3.8, 4) is 0 Å². The molecular weight excluding hydrogens is 427 g/mol. The molecule has 0 aliphatic heterocycles. The van der Waals surface area contributed by atoms with Crippen LogP contribution < -0.4 is 10.0 Å². The van der Waals surface area contributed by atoms with Gasteiger partial charge in [-0.05, 0) is 55.9 Å². The fraction of sp³-hybridized carbons (Fsp3) is 0.222. The summed E-state index contributed by atoms with van der Waals surface area (Å²) in [5, 5.41) is 3.56. The summed E-state index contributed by atoms with van der Waals surface area (Å²) >= 11 is 11.9. The molecule has 0 saturated carbocycles. The Bertz CT molecular complexity index is 978. The molecule has 0 aliphatic rings. The maximum absolute atomic E-state index is 12.0. The number of hydrogen-bond acceptors (Lipinski definition) is 5. The van der Waals surface area contributed by atoms with Gasteiger partial charge in [-0.1, -0.05) is 29.3 Å². The van der Waals surface area contributed by atoms with E-state index in [1.54, 1.807) is 25.1 Å². The van der Waals surface area contributed by atoms with Crippen molar-refractivity contribution in [1.29, 1.82) is 0 Å². The van der Waals surface area contributed by atoms with Crippen LogP contribution in [0.1, 0.15) is 28.9 Å². The molecule has 0 heterocycles. The molecule has 28 heavy (non-hydrogen) atoms. The van der Waals surface area contributed by atoms with E-state index in [4.69, 9.17) is 27.9 Å². The van der Waals surface area contributed by atoms with Gasteiger partial charge in [-0.3, -0.25) is 4.79 Å². The lowest BCUT2D eigenvalue weighted by Gasteiger charge is -2.16. The maximum Gasteiger partial charge on any atom is 0.338 e. The Balaban J connectivity index is 1.92. The first-order valence-corrected chi connectivity index (χ1v) is 10.3. The van der Waals surface area contributed by atoms with Crippen molar-refractivity contribution < 1.29 is 22.7 Å². The van der Waals surface area contributed by atoms with Gasteiger partial charge in [0, 0.05) is 10.0 Å². The number of hydrogen-bond donors (Lipinski definition) is 2. The quantitative estimate of drug-likeness (QED) is 0.639. The Labute approximate surface area is 173 Å². The maximum atomic E-state index is 12.0. The van der Waals surface area contributed by atoms with Crippen LogP contribution >= 0.6 is 23.2 Å². The third kappa shape index (κ3) is 5.68. The molecule has 0 bridgehead atoms. The van der Waals surface area contributed by atoms with Crippen LogP contribution in [0.2, 0.25) is 10.0 Å². The van der Waals surface area contributed by atoms with Crippen molar-refractivity contribution >= 4 is 45.1 Å². The molecule has 0 spiro atoms. The van der Waals surface area contributed by atoms with Gasteiger partial charge in [-0.25, -0.2) is 17.9 Å². The number of carbonyl (C=O) groups excluding carboxylic acids is 2. The van der Waals surface area contributed by atoms with Crippen LogP contribution in [0.3, 0.4) is 0 Å². The number of halogens is 2. The lowest BCUT2D eigenvalue weighted by atomic mass is 10.1. The summed E-state index contributed by atoms with van der Waals surface area (Å²) in [7, 11) is -2.31.